The fraction of sp³-hybridized carbons (Fsp3) is 0.667. The third-order valence-electron chi connectivity index (χ3n) is 4.60. The van der Waals surface area contributed by atoms with Crippen LogP contribution in [0.25, 0.3) is 0 Å². The minimum absolute atomic E-state index is 0.0401. The van der Waals surface area contributed by atoms with Gasteiger partial charge >= 0.3 is 0 Å². The Morgan fingerprint density at radius 1 is 1.33 bits per heavy atom. The molecule has 1 aromatic rings. The zero-order valence-electron chi connectivity index (χ0n) is 12.2. The topological polar surface area (TPSA) is 62.3 Å². The molecule has 1 N–H and O–H groups in total. The fourth-order valence-corrected chi connectivity index (χ4v) is 3.94. The van der Waals surface area contributed by atoms with Crippen molar-refractivity contribution in [1.29, 1.82) is 0 Å². The lowest BCUT2D eigenvalue weighted by Gasteiger charge is -2.40. The van der Waals surface area contributed by atoms with E-state index in [4.69, 9.17) is 0 Å². The smallest absolute Gasteiger partial charge is 0.246 e. The minimum atomic E-state index is -0.416. The Kier molecular flexibility index (Phi) is 4.24. The summed E-state index contributed by atoms with van der Waals surface area (Å²) >= 11 is 1.52. The highest BCUT2D eigenvalue weighted by Gasteiger charge is 2.42. The summed E-state index contributed by atoms with van der Waals surface area (Å²) in [6.45, 7) is 2.23. The van der Waals surface area contributed by atoms with Gasteiger partial charge in [0, 0.05) is 11.6 Å². The van der Waals surface area contributed by atoms with Crippen molar-refractivity contribution in [2.45, 2.75) is 57.7 Å². The van der Waals surface area contributed by atoms with E-state index in [9.17, 15) is 9.59 Å². The van der Waals surface area contributed by atoms with E-state index in [0.717, 1.165) is 30.7 Å². The average molecular weight is 307 g/mol. The van der Waals surface area contributed by atoms with Crippen LogP contribution in [-0.2, 0) is 16.1 Å². The lowest BCUT2D eigenvalue weighted by atomic mass is 9.82. The molecule has 2 fully saturated rings. The zero-order valence-corrected chi connectivity index (χ0v) is 13.1. The zero-order chi connectivity index (χ0) is 14.8. The number of carbonyl (C=O) groups is 2. The van der Waals surface area contributed by atoms with Gasteiger partial charge in [0.05, 0.1) is 6.54 Å². The number of hydrogen-bond acceptors (Lipinski definition) is 4. The van der Waals surface area contributed by atoms with Crippen LogP contribution >= 0.6 is 11.3 Å². The number of nitrogens with one attached hydrogen (secondary N) is 1. The van der Waals surface area contributed by atoms with E-state index in [0.29, 0.717) is 12.5 Å². The minimum Gasteiger partial charge on any atom is -0.342 e. The molecule has 0 bridgehead atoms. The Bertz CT molecular complexity index is 511. The van der Waals surface area contributed by atoms with E-state index in [1.165, 1.54) is 17.8 Å². The summed E-state index contributed by atoms with van der Waals surface area (Å²) in [4.78, 5) is 30.9. The third-order valence-corrected chi connectivity index (χ3v) is 5.37. The number of amides is 2. The largest absolute Gasteiger partial charge is 0.342 e. The number of nitrogens with zero attached hydrogens (tertiary/aromatic N) is 2. The Morgan fingerprint density at radius 2 is 2.10 bits per heavy atom. The van der Waals surface area contributed by atoms with Gasteiger partial charge < -0.3 is 10.2 Å². The van der Waals surface area contributed by atoms with Crippen LogP contribution in [0.2, 0.25) is 0 Å². The Morgan fingerprint density at radius 3 is 2.76 bits per heavy atom. The summed E-state index contributed by atoms with van der Waals surface area (Å²) in [7, 11) is 0. The van der Waals surface area contributed by atoms with E-state index in [-0.39, 0.29) is 17.9 Å². The molecule has 1 aliphatic heterocycles. The highest BCUT2D eigenvalue weighted by molar-refractivity contribution is 7.09. The first-order chi connectivity index (χ1) is 10.2. The monoisotopic (exact) mass is 307 g/mol. The van der Waals surface area contributed by atoms with Crippen molar-refractivity contribution in [3.05, 3.63) is 16.6 Å². The van der Waals surface area contributed by atoms with Crippen LogP contribution in [0.1, 0.15) is 44.0 Å². The van der Waals surface area contributed by atoms with Crippen molar-refractivity contribution in [3.8, 4) is 0 Å². The predicted molar refractivity (Wildman–Crippen MR) is 80.6 cm³/mol. The molecule has 0 spiro atoms. The maximum atomic E-state index is 12.8. The van der Waals surface area contributed by atoms with Crippen molar-refractivity contribution in [1.82, 2.24) is 15.2 Å². The molecule has 2 heterocycles. The van der Waals surface area contributed by atoms with Crippen LogP contribution in [0.15, 0.2) is 11.6 Å². The Hall–Kier alpha value is -1.43. The summed E-state index contributed by atoms with van der Waals surface area (Å²) in [6, 6.07) is -0.754. The standard InChI is InChI=1S/C15H21N3O2S/c1-10-14(19)17-13(11-5-3-2-4-6-11)15(20)18(10)9-12-16-7-8-21-12/h7-8,10-11,13H,2-6,9H2,1H3,(H,17,19). The second-order valence-electron chi connectivity index (χ2n) is 5.95. The summed E-state index contributed by atoms with van der Waals surface area (Å²) in [6.07, 6.45) is 7.37. The van der Waals surface area contributed by atoms with Gasteiger partial charge in [-0.1, -0.05) is 19.3 Å². The molecular formula is C15H21N3O2S. The van der Waals surface area contributed by atoms with Crippen molar-refractivity contribution in [3.63, 3.8) is 0 Å². The lowest BCUT2D eigenvalue weighted by Crippen LogP contribution is -2.64. The van der Waals surface area contributed by atoms with Gasteiger partial charge in [-0.25, -0.2) is 4.98 Å². The SMILES string of the molecule is CC1C(=O)NC(C2CCCCC2)C(=O)N1Cc1nccs1. The lowest BCUT2D eigenvalue weighted by molar-refractivity contribution is -0.151. The number of rotatable bonds is 3. The van der Waals surface area contributed by atoms with Crippen molar-refractivity contribution in [2.24, 2.45) is 5.92 Å². The number of aromatic nitrogens is 1. The first-order valence-corrected chi connectivity index (χ1v) is 8.54. The van der Waals surface area contributed by atoms with Crippen LogP contribution in [0.4, 0.5) is 0 Å². The average Bonchev–Trinajstić information content (AvgIpc) is 3.01. The van der Waals surface area contributed by atoms with Crippen LogP contribution in [0.5, 0.6) is 0 Å². The van der Waals surface area contributed by atoms with E-state index in [1.807, 2.05) is 5.38 Å². The van der Waals surface area contributed by atoms with Gasteiger partial charge in [-0.2, -0.15) is 0 Å². The summed E-state index contributed by atoms with van der Waals surface area (Å²) in [5.74, 6) is 0.312. The van der Waals surface area contributed by atoms with Gasteiger partial charge in [0.15, 0.2) is 0 Å². The molecule has 5 nitrogen and oxygen atoms in total. The molecule has 21 heavy (non-hydrogen) atoms. The fourth-order valence-electron chi connectivity index (χ4n) is 3.33. The predicted octanol–water partition coefficient (Wildman–Crippen LogP) is 1.94. The quantitative estimate of drug-likeness (QED) is 0.928. The van der Waals surface area contributed by atoms with Gasteiger partial charge in [0.25, 0.3) is 0 Å². The van der Waals surface area contributed by atoms with E-state index in [2.05, 4.69) is 10.3 Å². The molecular weight excluding hydrogens is 286 g/mol. The molecule has 1 saturated heterocycles. The van der Waals surface area contributed by atoms with Crippen LogP contribution in [0, 0.1) is 5.92 Å². The second-order valence-corrected chi connectivity index (χ2v) is 6.93. The number of thiazole rings is 1. The maximum absolute atomic E-state index is 12.8. The first-order valence-electron chi connectivity index (χ1n) is 7.66. The van der Waals surface area contributed by atoms with Gasteiger partial charge in [-0.15, -0.1) is 11.3 Å². The van der Waals surface area contributed by atoms with Crippen LogP contribution in [-0.4, -0.2) is 33.8 Å². The molecule has 1 aromatic heterocycles. The molecule has 2 aliphatic rings. The molecule has 0 aromatic carbocycles. The molecule has 1 saturated carbocycles. The van der Waals surface area contributed by atoms with Gasteiger partial charge in [-0.3, -0.25) is 9.59 Å². The molecule has 0 radical (unpaired) electrons. The molecule has 3 rings (SSSR count). The third kappa shape index (κ3) is 2.95. The molecule has 6 heteroatoms. The van der Waals surface area contributed by atoms with E-state index >= 15 is 0 Å². The van der Waals surface area contributed by atoms with Crippen LogP contribution < -0.4 is 5.32 Å². The van der Waals surface area contributed by atoms with E-state index in [1.54, 1.807) is 18.0 Å². The number of piperazine rings is 1. The molecule has 2 atom stereocenters. The molecule has 1 aliphatic carbocycles. The summed E-state index contributed by atoms with van der Waals surface area (Å²) < 4.78 is 0. The first kappa shape index (κ1) is 14.5. The Labute approximate surface area is 128 Å². The molecule has 2 unspecified atom stereocenters. The number of carbonyl (C=O) groups excluding carboxylic acids is 2. The van der Waals surface area contributed by atoms with E-state index < -0.39 is 6.04 Å². The molecule has 114 valence electrons. The number of hydrogen-bond donors (Lipinski definition) is 1. The van der Waals surface area contributed by atoms with Crippen LogP contribution in [0.3, 0.4) is 0 Å². The summed E-state index contributed by atoms with van der Waals surface area (Å²) in [5.41, 5.74) is 0. The van der Waals surface area contributed by atoms with Crippen molar-refractivity contribution in [2.75, 3.05) is 0 Å². The second kappa shape index (κ2) is 6.13. The van der Waals surface area contributed by atoms with Gasteiger partial charge in [-0.05, 0) is 25.7 Å². The van der Waals surface area contributed by atoms with Crippen molar-refractivity contribution < 1.29 is 9.59 Å². The normalized spacial score (nSPS) is 27.8. The van der Waals surface area contributed by atoms with Crippen molar-refractivity contribution >= 4 is 23.2 Å². The molecule has 2 amide bonds. The van der Waals surface area contributed by atoms with Gasteiger partial charge in [0.2, 0.25) is 11.8 Å². The summed E-state index contributed by atoms with van der Waals surface area (Å²) in [5, 5.41) is 5.73. The maximum Gasteiger partial charge on any atom is 0.246 e. The highest BCUT2D eigenvalue weighted by Crippen LogP contribution is 2.29. The Balaban J connectivity index is 1.77. The van der Waals surface area contributed by atoms with Gasteiger partial charge in [0.1, 0.15) is 17.1 Å². The highest BCUT2D eigenvalue weighted by atomic mass is 32.1.